The van der Waals surface area contributed by atoms with Gasteiger partial charge in [0, 0.05) is 6.20 Å². The number of aliphatic hydroxyl groups excluding tert-OH is 1. The summed E-state index contributed by atoms with van der Waals surface area (Å²) in [6, 6.07) is 8.82. The number of nitrogens with two attached hydrogens (primary N) is 1. The number of aromatic nitrogens is 2. The molecule has 33 heavy (non-hydrogen) atoms. The first kappa shape index (κ1) is 25.4. The van der Waals surface area contributed by atoms with Crippen molar-refractivity contribution >= 4 is 30.9 Å². The third-order valence-corrected chi connectivity index (χ3v) is 7.21. The molecule has 0 amide bonds. The standard InChI is InChI=1S/C20H26ClN4O7P/c1-12(13(2)26)24-33(29,32-14-7-5-4-6-8-14)30-11-15-17(27)20(3,21)18(31-15)25-10-9-16(22)23-19(25)28/h4-10,12,15,17-18,27H,11H2,1-3H3,(H,24,29)(H2,22,23,28)/t12-,15+,17+,18+,20+,33?/m0/s1. The van der Waals surface area contributed by atoms with E-state index in [4.69, 9.17) is 31.1 Å². The maximum Gasteiger partial charge on any atom is 0.459 e. The van der Waals surface area contributed by atoms with Crippen molar-refractivity contribution in [3.63, 3.8) is 0 Å². The summed E-state index contributed by atoms with van der Waals surface area (Å²) in [5.74, 6) is -0.0107. The third-order valence-electron chi connectivity index (χ3n) is 5.16. The molecule has 1 aromatic carbocycles. The highest BCUT2D eigenvalue weighted by Gasteiger charge is 2.54. The molecule has 1 saturated heterocycles. The number of hydrogen-bond acceptors (Lipinski definition) is 9. The van der Waals surface area contributed by atoms with Crippen molar-refractivity contribution in [3.8, 4) is 5.75 Å². The third kappa shape index (κ3) is 5.81. The van der Waals surface area contributed by atoms with Gasteiger partial charge in [-0.1, -0.05) is 18.2 Å². The molecular weight excluding hydrogens is 475 g/mol. The van der Waals surface area contributed by atoms with Gasteiger partial charge in [-0.15, -0.1) is 11.6 Å². The minimum absolute atomic E-state index is 0.0237. The number of nitrogens with one attached hydrogen (secondary N) is 1. The van der Waals surface area contributed by atoms with Crippen LogP contribution in [-0.2, 0) is 18.6 Å². The van der Waals surface area contributed by atoms with Gasteiger partial charge < -0.3 is 20.1 Å². The van der Waals surface area contributed by atoms with Crippen LogP contribution in [0.1, 0.15) is 27.0 Å². The summed E-state index contributed by atoms with van der Waals surface area (Å²) in [6.07, 6.45) is -2.15. The largest absolute Gasteiger partial charge is 0.459 e. The van der Waals surface area contributed by atoms with E-state index in [2.05, 4.69) is 10.1 Å². The van der Waals surface area contributed by atoms with Crippen LogP contribution in [0.4, 0.5) is 5.82 Å². The van der Waals surface area contributed by atoms with Gasteiger partial charge in [-0.25, -0.2) is 14.4 Å². The summed E-state index contributed by atoms with van der Waals surface area (Å²) >= 11 is 6.52. The first-order valence-corrected chi connectivity index (χ1v) is 12.0. The van der Waals surface area contributed by atoms with Crippen molar-refractivity contribution in [1.82, 2.24) is 14.6 Å². The maximum absolute atomic E-state index is 13.4. The number of alkyl halides is 1. The van der Waals surface area contributed by atoms with Crippen molar-refractivity contribution in [2.45, 2.75) is 50.1 Å². The smallest absolute Gasteiger partial charge is 0.413 e. The van der Waals surface area contributed by atoms with Gasteiger partial charge in [0.25, 0.3) is 0 Å². The molecule has 1 aliphatic heterocycles. The Labute approximate surface area is 195 Å². The summed E-state index contributed by atoms with van der Waals surface area (Å²) in [6.45, 7) is 3.91. The Hall–Kier alpha value is -2.27. The van der Waals surface area contributed by atoms with Crippen LogP contribution in [0.25, 0.3) is 0 Å². The first-order chi connectivity index (χ1) is 15.4. The second-order valence-corrected chi connectivity index (χ2v) is 10.3. The van der Waals surface area contributed by atoms with Crippen molar-refractivity contribution < 1.29 is 28.3 Å². The number of benzene rings is 1. The molecule has 2 heterocycles. The van der Waals surface area contributed by atoms with Gasteiger partial charge in [-0.3, -0.25) is 13.9 Å². The van der Waals surface area contributed by atoms with Crippen molar-refractivity contribution in [3.05, 3.63) is 53.1 Å². The van der Waals surface area contributed by atoms with Gasteiger partial charge in [0.2, 0.25) is 0 Å². The number of para-hydroxylation sites is 1. The molecule has 180 valence electrons. The molecule has 3 rings (SSSR count). The van der Waals surface area contributed by atoms with E-state index >= 15 is 0 Å². The maximum atomic E-state index is 13.4. The Balaban J connectivity index is 1.80. The molecular formula is C20H26ClN4O7P. The zero-order chi connectivity index (χ0) is 24.4. The number of halogens is 1. The number of ether oxygens (including phenoxy) is 1. The highest BCUT2D eigenvalue weighted by Crippen LogP contribution is 2.48. The zero-order valence-electron chi connectivity index (χ0n) is 18.3. The number of hydrogen-bond donors (Lipinski definition) is 3. The average molecular weight is 501 g/mol. The number of nitrogens with zero attached hydrogens (tertiary/aromatic N) is 2. The SMILES string of the molecule is CC(=O)[C@H](C)NP(=O)(OC[C@H]1O[C@@H](n2ccc(N)nc2=O)[C@](C)(Cl)[C@@H]1O)Oc1ccccc1. The molecule has 6 atom stereocenters. The fourth-order valence-electron chi connectivity index (χ4n) is 3.16. The second kappa shape index (κ2) is 9.92. The summed E-state index contributed by atoms with van der Waals surface area (Å²) < 4.78 is 31.4. The Morgan fingerprint density at radius 2 is 2.09 bits per heavy atom. The highest BCUT2D eigenvalue weighted by molar-refractivity contribution is 7.52. The number of carbonyl (C=O) groups excluding carboxylic acids is 1. The van der Waals surface area contributed by atoms with Crippen LogP contribution >= 0.6 is 19.3 Å². The van der Waals surface area contributed by atoms with E-state index in [-0.39, 0.29) is 17.4 Å². The quantitative estimate of drug-likeness (QED) is 0.343. The lowest BCUT2D eigenvalue weighted by atomic mass is 10.0. The fraction of sp³-hybridized carbons (Fsp3) is 0.450. The number of aliphatic hydroxyl groups is 1. The Morgan fingerprint density at radius 1 is 1.42 bits per heavy atom. The predicted molar refractivity (Wildman–Crippen MR) is 121 cm³/mol. The molecule has 1 aliphatic rings. The highest BCUT2D eigenvalue weighted by atomic mass is 35.5. The summed E-state index contributed by atoms with van der Waals surface area (Å²) in [5, 5.41) is 13.3. The summed E-state index contributed by atoms with van der Waals surface area (Å²) in [5.41, 5.74) is 4.81. The lowest BCUT2D eigenvalue weighted by Gasteiger charge is -2.26. The van der Waals surface area contributed by atoms with Crippen LogP contribution in [0.15, 0.2) is 47.4 Å². The van der Waals surface area contributed by atoms with Gasteiger partial charge in [0.1, 0.15) is 34.4 Å². The number of nitrogen functional groups attached to an aromatic ring is 1. The van der Waals surface area contributed by atoms with Crippen molar-refractivity contribution in [2.24, 2.45) is 0 Å². The van der Waals surface area contributed by atoms with E-state index in [9.17, 15) is 19.3 Å². The Kier molecular flexibility index (Phi) is 7.62. The predicted octanol–water partition coefficient (Wildman–Crippen LogP) is 1.85. The van der Waals surface area contributed by atoms with Gasteiger partial charge in [0.15, 0.2) is 6.23 Å². The molecule has 2 aromatic rings. The number of ketones is 1. The first-order valence-electron chi connectivity index (χ1n) is 10.1. The van der Waals surface area contributed by atoms with Crippen LogP contribution in [0.2, 0.25) is 0 Å². The monoisotopic (exact) mass is 500 g/mol. The van der Waals surface area contributed by atoms with Crippen LogP contribution < -0.4 is 21.0 Å². The van der Waals surface area contributed by atoms with Crippen LogP contribution in [0, 0.1) is 0 Å². The zero-order valence-corrected chi connectivity index (χ0v) is 19.9. The number of anilines is 1. The molecule has 0 aliphatic carbocycles. The van der Waals surface area contributed by atoms with Crippen LogP contribution in [0.5, 0.6) is 5.75 Å². The normalized spacial score (nSPS) is 27.6. The Morgan fingerprint density at radius 3 is 2.70 bits per heavy atom. The number of carbonyl (C=O) groups is 1. The van der Waals surface area contributed by atoms with E-state index in [1.165, 1.54) is 33.0 Å². The van der Waals surface area contributed by atoms with E-state index in [1.54, 1.807) is 30.3 Å². The molecule has 13 heteroatoms. The van der Waals surface area contributed by atoms with Gasteiger partial charge in [-0.05, 0) is 39.0 Å². The lowest BCUT2D eigenvalue weighted by Crippen LogP contribution is -2.42. The van der Waals surface area contributed by atoms with E-state index in [0.717, 1.165) is 4.57 Å². The molecule has 0 radical (unpaired) electrons. The minimum atomic E-state index is -4.08. The molecule has 1 unspecified atom stereocenters. The minimum Gasteiger partial charge on any atom is -0.413 e. The van der Waals surface area contributed by atoms with E-state index in [0.29, 0.717) is 0 Å². The lowest BCUT2D eigenvalue weighted by molar-refractivity contribution is -0.118. The van der Waals surface area contributed by atoms with Gasteiger partial charge >= 0.3 is 13.4 Å². The fourth-order valence-corrected chi connectivity index (χ4v) is 5.04. The molecule has 11 nitrogen and oxygen atoms in total. The molecule has 0 spiro atoms. The molecule has 1 aromatic heterocycles. The van der Waals surface area contributed by atoms with Gasteiger partial charge in [0.05, 0.1) is 12.6 Å². The van der Waals surface area contributed by atoms with E-state index in [1.807, 2.05) is 0 Å². The molecule has 0 saturated carbocycles. The Bertz CT molecular complexity index is 1100. The van der Waals surface area contributed by atoms with Gasteiger partial charge in [-0.2, -0.15) is 4.98 Å². The molecule has 4 N–H and O–H groups in total. The second-order valence-electron chi connectivity index (χ2n) is 7.82. The van der Waals surface area contributed by atoms with Crippen molar-refractivity contribution in [2.75, 3.05) is 12.3 Å². The number of rotatable bonds is 9. The van der Waals surface area contributed by atoms with Crippen LogP contribution in [-0.4, -0.2) is 50.2 Å². The van der Waals surface area contributed by atoms with Crippen LogP contribution in [0.3, 0.4) is 0 Å². The van der Waals surface area contributed by atoms with Crippen molar-refractivity contribution in [1.29, 1.82) is 0 Å². The van der Waals surface area contributed by atoms with E-state index < -0.39 is 49.4 Å². The topological polar surface area (TPSA) is 155 Å². The average Bonchev–Trinajstić information content (AvgIpc) is 2.96. The molecule has 0 bridgehead atoms. The summed E-state index contributed by atoms with van der Waals surface area (Å²) in [4.78, 5) is 26.1. The summed E-state index contributed by atoms with van der Waals surface area (Å²) in [7, 11) is -4.08. The molecule has 1 fully saturated rings. The number of Topliss-reactive ketones (excluding diaryl/α,β-unsaturated/α-hetero) is 1.